The van der Waals surface area contributed by atoms with Gasteiger partial charge in [0, 0.05) is 16.9 Å². The Kier molecular flexibility index (Phi) is 9.10. The molecular weight excluding hydrogens is 747 g/mol. The maximum Gasteiger partial charge on any atom is 0.0731 e. The molecule has 11 rings (SSSR count). The summed E-state index contributed by atoms with van der Waals surface area (Å²) in [6.45, 7) is 8.31. The van der Waals surface area contributed by atoms with Crippen LogP contribution in [0.5, 0.6) is 0 Å². The smallest absolute Gasteiger partial charge is 0.0731 e. The predicted molar refractivity (Wildman–Crippen MR) is 262 cm³/mol. The molecule has 0 saturated carbocycles. The van der Waals surface area contributed by atoms with Crippen molar-refractivity contribution in [1.82, 2.24) is 0 Å². The van der Waals surface area contributed by atoms with Crippen molar-refractivity contribution in [3.63, 3.8) is 0 Å². The van der Waals surface area contributed by atoms with E-state index >= 15 is 0 Å². The van der Waals surface area contributed by atoms with E-state index in [1.165, 1.54) is 72.3 Å². The zero-order chi connectivity index (χ0) is 41.6. The minimum atomic E-state index is -0.576. The lowest BCUT2D eigenvalue weighted by Crippen LogP contribution is -2.27. The van der Waals surface area contributed by atoms with Gasteiger partial charge < -0.3 is 4.90 Å². The molecule has 1 atom stereocenters. The van der Waals surface area contributed by atoms with E-state index in [9.17, 15) is 0 Å². The Bertz CT molecular complexity index is 3210. The lowest BCUT2D eigenvalue weighted by Gasteiger charge is -2.34. The molecule has 0 aromatic heterocycles. The van der Waals surface area contributed by atoms with Crippen LogP contribution in [-0.4, -0.2) is 0 Å². The molecule has 0 aliphatic heterocycles. The first-order valence-electron chi connectivity index (χ1n) is 21.3. The Morgan fingerprint density at radius 1 is 0.403 bits per heavy atom. The third-order valence-electron chi connectivity index (χ3n) is 12.8. The van der Waals surface area contributed by atoms with Gasteiger partial charge in [-0.3, -0.25) is 0 Å². The van der Waals surface area contributed by atoms with E-state index in [0.29, 0.717) is 0 Å². The summed E-state index contributed by atoms with van der Waals surface area (Å²) in [7, 11) is 0. The predicted octanol–water partition coefficient (Wildman–Crippen LogP) is 16.3. The van der Waals surface area contributed by atoms with Crippen LogP contribution >= 0.6 is 0 Å². The highest BCUT2D eigenvalue weighted by Gasteiger charge is 2.53. The molecule has 0 radical (unpaired) electrons. The highest BCUT2D eigenvalue weighted by atomic mass is 15.1. The number of benzene rings is 9. The molecule has 2 aliphatic rings. The van der Waals surface area contributed by atoms with Gasteiger partial charge in [-0.05, 0) is 114 Å². The molecule has 0 fully saturated rings. The summed E-state index contributed by atoms with van der Waals surface area (Å²) in [4.78, 5) is 2.44. The van der Waals surface area contributed by atoms with Crippen molar-refractivity contribution >= 4 is 22.6 Å². The fraction of sp³-hybridized carbons (Fsp3) is 0.0164. The zero-order valence-corrected chi connectivity index (χ0v) is 34.4. The maximum atomic E-state index is 4.25. The Labute approximate surface area is 364 Å². The van der Waals surface area contributed by atoms with E-state index in [1.807, 2.05) is 12.2 Å². The molecule has 9 aromatic carbocycles. The van der Waals surface area contributed by atoms with Gasteiger partial charge in [0.05, 0.1) is 11.1 Å². The average Bonchev–Trinajstić information content (AvgIpc) is 3.82. The molecule has 0 bridgehead atoms. The highest BCUT2D eigenvalue weighted by Crippen LogP contribution is 2.65. The molecule has 1 heteroatoms. The number of fused-ring (bicyclic) bond motifs is 10. The molecular formula is C61H43N. The lowest BCUT2D eigenvalue weighted by molar-refractivity contribution is 0.795. The van der Waals surface area contributed by atoms with Gasteiger partial charge in [-0.1, -0.05) is 219 Å². The fourth-order valence-electron chi connectivity index (χ4n) is 10.3. The Balaban J connectivity index is 1.19. The van der Waals surface area contributed by atoms with Crippen LogP contribution in [0.15, 0.2) is 250 Å². The number of nitrogens with zero attached hydrogens (tertiary/aromatic N) is 1. The van der Waals surface area contributed by atoms with Crippen LogP contribution in [0, 0.1) is 0 Å². The normalized spacial score (nSPS) is 14.4. The van der Waals surface area contributed by atoms with Gasteiger partial charge in [-0.2, -0.15) is 0 Å². The Morgan fingerprint density at radius 3 is 1.63 bits per heavy atom. The quantitative estimate of drug-likeness (QED) is 0.132. The number of allylic oxidation sites excluding steroid dienone is 4. The molecule has 1 unspecified atom stereocenters. The Morgan fingerprint density at radius 2 is 0.919 bits per heavy atom. The van der Waals surface area contributed by atoms with E-state index in [2.05, 4.69) is 243 Å². The third kappa shape index (κ3) is 5.70. The highest BCUT2D eigenvalue weighted by molar-refractivity contribution is 6.03. The van der Waals surface area contributed by atoms with Crippen LogP contribution in [0.4, 0.5) is 17.1 Å². The molecule has 0 amide bonds. The van der Waals surface area contributed by atoms with Crippen LogP contribution in [0.1, 0.15) is 27.8 Å². The van der Waals surface area contributed by atoms with Gasteiger partial charge in [-0.15, -0.1) is 0 Å². The van der Waals surface area contributed by atoms with Crippen LogP contribution in [0.2, 0.25) is 0 Å². The topological polar surface area (TPSA) is 3.24 Å². The number of hydrogen-bond donors (Lipinski definition) is 0. The SMILES string of the molecule is C=C/C=C(\C=C)c1cccc2c1-c1ccccc1C21c2ccccc2-c2cccc(-c3ccccc3N(c3ccc(-c4ccccc4)cc3)c3cccc(-c4ccccc4)c3)c21. The summed E-state index contributed by atoms with van der Waals surface area (Å²) in [6, 6.07) is 80.0. The molecule has 292 valence electrons. The van der Waals surface area contributed by atoms with Gasteiger partial charge in [-0.25, -0.2) is 0 Å². The second-order valence-electron chi connectivity index (χ2n) is 16.0. The third-order valence-corrected chi connectivity index (χ3v) is 12.8. The number of rotatable bonds is 9. The van der Waals surface area contributed by atoms with Crippen molar-refractivity contribution in [3.05, 3.63) is 278 Å². The van der Waals surface area contributed by atoms with E-state index in [4.69, 9.17) is 0 Å². The van der Waals surface area contributed by atoms with Gasteiger partial charge in [0.1, 0.15) is 0 Å². The lowest BCUT2D eigenvalue weighted by atomic mass is 9.68. The maximum absolute atomic E-state index is 4.25. The Hall–Kier alpha value is -8.00. The average molecular weight is 790 g/mol. The van der Waals surface area contributed by atoms with Crippen molar-refractivity contribution in [2.45, 2.75) is 5.41 Å². The second-order valence-corrected chi connectivity index (χ2v) is 16.0. The monoisotopic (exact) mass is 789 g/mol. The fourth-order valence-corrected chi connectivity index (χ4v) is 10.3. The summed E-state index contributed by atoms with van der Waals surface area (Å²) in [6.07, 6.45) is 5.89. The molecule has 0 N–H and O–H groups in total. The molecule has 0 heterocycles. The standard InChI is InChI=1S/C61H43N/c1-3-20-42(4-2)49-30-19-35-57-59(49)54-29-12-15-34-56(54)61(57)55-33-14-11-27-50(55)52-31-18-32-53(60(52)61)51-28-13-16-36-58(51)62(47-39-37-45(38-40-47)43-21-7-5-8-22-43)48-26-17-25-46(41-48)44-23-9-6-10-24-44/h3-41H,1-2H2/b42-20+. The first kappa shape index (κ1) is 37.0. The van der Waals surface area contributed by atoms with Gasteiger partial charge >= 0.3 is 0 Å². The second kappa shape index (κ2) is 15.2. The van der Waals surface area contributed by atoms with E-state index < -0.39 is 5.41 Å². The zero-order valence-electron chi connectivity index (χ0n) is 34.4. The first-order chi connectivity index (χ1) is 30.7. The summed E-state index contributed by atoms with van der Waals surface area (Å²) in [5.41, 5.74) is 22.2. The summed E-state index contributed by atoms with van der Waals surface area (Å²) >= 11 is 0. The van der Waals surface area contributed by atoms with Crippen molar-refractivity contribution in [3.8, 4) is 55.6 Å². The number of anilines is 3. The van der Waals surface area contributed by atoms with Crippen molar-refractivity contribution in [2.24, 2.45) is 0 Å². The molecule has 0 saturated heterocycles. The molecule has 62 heavy (non-hydrogen) atoms. The van der Waals surface area contributed by atoms with Gasteiger partial charge in [0.25, 0.3) is 0 Å². The molecule has 1 spiro atoms. The molecule has 9 aromatic rings. The largest absolute Gasteiger partial charge is 0.310 e. The van der Waals surface area contributed by atoms with Crippen molar-refractivity contribution < 1.29 is 0 Å². The van der Waals surface area contributed by atoms with Gasteiger partial charge in [0.2, 0.25) is 0 Å². The summed E-state index contributed by atoms with van der Waals surface area (Å²) in [5, 5.41) is 0. The van der Waals surface area contributed by atoms with E-state index in [-0.39, 0.29) is 0 Å². The number of hydrogen-bond acceptors (Lipinski definition) is 1. The minimum absolute atomic E-state index is 0.576. The van der Waals surface area contributed by atoms with Crippen molar-refractivity contribution in [2.75, 3.05) is 4.90 Å². The van der Waals surface area contributed by atoms with E-state index in [0.717, 1.165) is 33.8 Å². The summed E-state index contributed by atoms with van der Waals surface area (Å²) in [5.74, 6) is 0. The van der Waals surface area contributed by atoms with Crippen LogP contribution in [0.25, 0.3) is 61.2 Å². The minimum Gasteiger partial charge on any atom is -0.310 e. The molecule has 1 nitrogen and oxygen atoms in total. The van der Waals surface area contributed by atoms with Gasteiger partial charge in [0.15, 0.2) is 0 Å². The first-order valence-corrected chi connectivity index (χ1v) is 21.3. The van der Waals surface area contributed by atoms with Crippen LogP contribution in [0.3, 0.4) is 0 Å². The van der Waals surface area contributed by atoms with Crippen molar-refractivity contribution in [1.29, 1.82) is 0 Å². The van der Waals surface area contributed by atoms with E-state index in [1.54, 1.807) is 0 Å². The summed E-state index contributed by atoms with van der Waals surface area (Å²) < 4.78 is 0. The van der Waals surface area contributed by atoms with Crippen LogP contribution in [-0.2, 0) is 5.41 Å². The van der Waals surface area contributed by atoms with Crippen LogP contribution < -0.4 is 4.90 Å². The number of para-hydroxylation sites is 1. The molecule has 2 aliphatic carbocycles.